The molecule has 0 heterocycles. The van der Waals surface area contributed by atoms with E-state index in [1.54, 1.807) is 0 Å². The van der Waals surface area contributed by atoms with Crippen LogP contribution in [0, 0.1) is 20.8 Å². The number of carbonyl (C=O) groups excluding carboxylic acids is 2. The number of amides is 2. The van der Waals surface area contributed by atoms with Crippen molar-refractivity contribution in [3.05, 3.63) is 57.6 Å². The van der Waals surface area contributed by atoms with Gasteiger partial charge in [-0.15, -0.1) is 0 Å². The second-order valence-corrected chi connectivity index (χ2v) is 7.51. The van der Waals surface area contributed by atoms with Gasteiger partial charge in [-0.05, 0) is 60.0 Å². The van der Waals surface area contributed by atoms with Crippen molar-refractivity contribution in [2.45, 2.75) is 20.8 Å². The highest BCUT2D eigenvalue weighted by Crippen LogP contribution is 2.22. The molecular weight excluding hydrogens is 394 g/mol. The van der Waals surface area contributed by atoms with Crippen LogP contribution in [0.3, 0.4) is 0 Å². The standard InChI is InChI=1S/C20H24BrN3O2/c1-13-9-14(2)20(15(3)10-13)23-19(26)12-24(4)11-18(25)22-17-8-6-5-7-16(17)21/h5-10H,11-12H2,1-4H3,(H,22,25)(H,23,26)/p+1. The molecule has 0 saturated heterocycles. The van der Waals surface area contributed by atoms with Crippen molar-refractivity contribution < 1.29 is 14.5 Å². The van der Waals surface area contributed by atoms with Crippen molar-refractivity contribution >= 4 is 39.1 Å². The maximum atomic E-state index is 12.3. The molecule has 0 fully saturated rings. The zero-order valence-corrected chi connectivity index (χ0v) is 17.2. The molecule has 2 aromatic carbocycles. The van der Waals surface area contributed by atoms with Crippen molar-refractivity contribution in [3.8, 4) is 0 Å². The van der Waals surface area contributed by atoms with E-state index in [9.17, 15) is 9.59 Å². The summed E-state index contributed by atoms with van der Waals surface area (Å²) in [5.74, 6) is -0.240. The molecule has 2 amide bonds. The fourth-order valence-electron chi connectivity index (χ4n) is 2.93. The first-order valence-corrected chi connectivity index (χ1v) is 9.29. The van der Waals surface area contributed by atoms with Gasteiger partial charge in [0, 0.05) is 10.2 Å². The van der Waals surface area contributed by atoms with E-state index >= 15 is 0 Å². The maximum Gasteiger partial charge on any atom is 0.279 e. The van der Waals surface area contributed by atoms with Crippen LogP contribution in [0.5, 0.6) is 0 Å². The number of nitrogens with one attached hydrogen (secondary N) is 3. The van der Waals surface area contributed by atoms with Crippen LogP contribution in [0.1, 0.15) is 16.7 Å². The quantitative estimate of drug-likeness (QED) is 0.674. The van der Waals surface area contributed by atoms with E-state index in [-0.39, 0.29) is 24.9 Å². The molecule has 0 saturated carbocycles. The summed E-state index contributed by atoms with van der Waals surface area (Å²) < 4.78 is 0.828. The van der Waals surface area contributed by atoms with Crippen molar-refractivity contribution in [1.29, 1.82) is 0 Å². The van der Waals surface area contributed by atoms with Gasteiger partial charge in [0.1, 0.15) is 0 Å². The molecule has 0 aliphatic carbocycles. The van der Waals surface area contributed by atoms with Crippen molar-refractivity contribution in [2.75, 3.05) is 30.8 Å². The highest BCUT2D eigenvalue weighted by atomic mass is 79.9. The average molecular weight is 419 g/mol. The van der Waals surface area contributed by atoms with Gasteiger partial charge < -0.3 is 15.5 Å². The Kier molecular flexibility index (Phi) is 6.94. The Bertz CT molecular complexity index is 797. The topological polar surface area (TPSA) is 62.6 Å². The van der Waals surface area contributed by atoms with Crippen LogP contribution in [0.2, 0.25) is 0 Å². The summed E-state index contributed by atoms with van der Waals surface area (Å²) in [6.07, 6.45) is 0. The van der Waals surface area contributed by atoms with Gasteiger partial charge in [-0.1, -0.05) is 29.8 Å². The van der Waals surface area contributed by atoms with Crippen molar-refractivity contribution in [2.24, 2.45) is 0 Å². The maximum absolute atomic E-state index is 12.3. The summed E-state index contributed by atoms with van der Waals surface area (Å²) in [7, 11) is 1.83. The molecule has 5 nitrogen and oxygen atoms in total. The number of likely N-dealkylation sites (N-methyl/N-ethyl adjacent to an activating group) is 1. The van der Waals surface area contributed by atoms with Gasteiger partial charge in [-0.25, -0.2) is 0 Å². The lowest BCUT2D eigenvalue weighted by molar-refractivity contribution is -0.862. The molecule has 0 aliphatic rings. The first-order valence-electron chi connectivity index (χ1n) is 8.49. The number of benzene rings is 2. The predicted molar refractivity (Wildman–Crippen MR) is 109 cm³/mol. The molecule has 138 valence electrons. The molecule has 6 heteroatoms. The van der Waals surface area contributed by atoms with E-state index in [1.807, 2.05) is 64.2 Å². The van der Waals surface area contributed by atoms with Gasteiger partial charge in [-0.3, -0.25) is 9.59 Å². The van der Waals surface area contributed by atoms with Crippen LogP contribution in [0.4, 0.5) is 11.4 Å². The third kappa shape index (κ3) is 5.68. The number of hydrogen-bond acceptors (Lipinski definition) is 2. The van der Waals surface area contributed by atoms with Gasteiger partial charge in [0.2, 0.25) is 0 Å². The van der Waals surface area contributed by atoms with E-state index in [4.69, 9.17) is 0 Å². The Morgan fingerprint density at radius 2 is 1.50 bits per heavy atom. The molecular formula is C20H25BrN3O2+. The fraction of sp³-hybridized carbons (Fsp3) is 0.300. The van der Waals surface area contributed by atoms with Crippen molar-refractivity contribution in [3.63, 3.8) is 0 Å². The smallest absolute Gasteiger partial charge is 0.279 e. The second-order valence-electron chi connectivity index (χ2n) is 6.66. The van der Waals surface area contributed by atoms with E-state index < -0.39 is 0 Å². The first kappa shape index (κ1) is 20.1. The Labute approximate surface area is 162 Å². The molecule has 1 unspecified atom stereocenters. The number of carbonyl (C=O) groups is 2. The van der Waals surface area contributed by atoms with Gasteiger partial charge in [0.25, 0.3) is 11.8 Å². The lowest BCUT2D eigenvalue weighted by Gasteiger charge is -2.16. The van der Waals surface area contributed by atoms with Crippen LogP contribution in [-0.2, 0) is 9.59 Å². The van der Waals surface area contributed by atoms with Gasteiger partial charge in [-0.2, -0.15) is 0 Å². The lowest BCUT2D eigenvalue weighted by atomic mass is 10.1. The number of para-hydroxylation sites is 1. The first-order chi connectivity index (χ1) is 12.3. The van der Waals surface area contributed by atoms with Crippen LogP contribution >= 0.6 is 15.9 Å². The van der Waals surface area contributed by atoms with Crippen LogP contribution < -0.4 is 15.5 Å². The highest BCUT2D eigenvalue weighted by molar-refractivity contribution is 9.10. The van der Waals surface area contributed by atoms with Crippen molar-refractivity contribution in [1.82, 2.24) is 0 Å². The largest absolute Gasteiger partial charge is 0.322 e. The number of anilines is 2. The van der Waals surface area contributed by atoms with Gasteiger partial charge in [0.05, 0.1) is 12.7 Å². The summed E-state index contributed by atoms with van der Waals surface area (Å²) >= 11 is 3.40. The molecule has 2 aromatic rings. The van der Waals surface area contributed by atoms with Crippen LogP contribution in [0.25, 0.3) is 0 Å². The zero-order valence-electron chi connectivity index (χ0n) is 15.6. The minimum Gasteiger partial charge on any atom is -0.322 e. The average Bonchev–Trinajstić information content (AvgIpc) is 2.52. The highest BCUT2D eigenvalue weighted by Gasteiger charge is 2.16. The molecule has 0 radical (unpaired) electrons. The normalized spacial score (nSPS) is 11.7. The summed E-state index contributed by atoms with van der Waals surface area (Å²) in [6, 6.07) is 11.5. The summed E-state index contributed by atoms with van der Waals surface area (Å²) in [5.41, 5.74) is 4.83. The number of halogens is 1. The van der Waals surface area contributed by atoms with E-state index in [0.717, 1.165) is 31.9 Å². The molecule has 3 N–H and O–H groups in total. The summed E-state index contributed by atoms with van der Waals surface area (Å²) in [5, 5.41) is 5.82. The summed E-state index contributed by atoms with van der Waals surface area (Å²) in [6.45, 7) is 6.43. The molecule has 0 aliphatic heterocycles. The summed E-state index contributed by atoms with van der Waals surface area (Å²) in [4.78, 5) is 25.3. The fourth-order valence-corrected chi connectivity index (χ4v) is 3.31. The van der Waals surface area contributed by atoms with E-state index in [0.29, 0.717) is 0 Å². The van der Waals surface area contributed by atoms with Gasteiger partial charge >= 0.3 is 0 Å². The number of hydrogen-bond donors (Lipinski definition) is 3. The number of rotatable bonds is 6. The van der Waals surface area contributed by atoms with E-state index in [1.165, 1.54) is 5.56 Å². The number of aryl methyl sites for hydroxylation is 3. The van der Waals surface area contributed by atoms with E-state index in [2.05, 4.69) is 26.6 Å². The SMILES string of the molecule is Cc1cc(C)c(NC(=O)C[NH+](C)CC(=O)Nc2ccccc2Br)c(C)c1. The second kappa shape index (κ2) is 8.96. The third-order valence-electron chi connectivity index (χ3n) is 4.01. The molecule has 26 heavy (non-hydrogen) atoms. The van der Waals surface area contributed by atoms with Crippen LogP contribution in [0.15, 0.2) is 40.9 Å². The molecule has 1 atom stereocenters. The molecule has 0 spiro atoms. The monoisotopic (exact) mass is 418 g/mol. The Hall–Kier alpha value is -2.18. The molecule has 2 rings (SSSR count). The Morgan fingerprint density at radius 3 is 2.08 bits per heavy atom. The minimum atomic E-state index is -0.134. The molecule has 0 aromatic heterocycles. The zero-order chi connectivity index (χ0) is 19.3. The number of quaternary nitrogens is 1. The van der Waals surface area contributed by atoms with Crippen LogP contribution in [-0.4, -0.2) is 32.0 Å². The Balaban J connectivity index is 1.89. The third-order valence-corrected chi connectivity index (χ3v) is 4.71. The Morgan fingerprint density at radius 1 is 0.962 bits per heavy atom. The lowest BCUT2D eigenvalue weighted by Crippen LogP contribution is -3.11. The predicted octanol–water partition coefficient (Wildman–Crippen LogP) is 2.47. The van der Waals surface area contributed by atoms with Gasteiger partial charge in [0.15, 0.2) is 13.1 Å². The molecule has 0 bridgehead atoms. The minimum absolute atomic E-state index is 0.105.